The van der Waals surface area contributed by atoms with E-state index in [0.717, 1.165) is 15.7 Å². The fraction of sp³-hybridized carbons (Fsp3) is 0.147. The third-order valence-electron chi connectivity index (χ3n) is 7.46. The smallest absolute Gasteiger partial charge is 0.421 e. The van der Waals surface area contributed by atoms with Crippen molar-refractivity contribution in [1.82, 2.24) is 24.5 Å². The molecule has 244 valence electrons. The number of aromatic nitrogens is 5. The first-order valence-electron chi connectivity index (χ1n) is 14.4. The molecule has 0 aliphatic rings. The van der Waals surface area contributed by atoms with Crippen molar-refractivity contribution in [2.45, 2.75) is 26.9 Å². The predicted molar refractivity (Wildman–Crippen MR) is 177 cm³/mol. The number of nitrogens with one attached hydrogen (secondary N) is 1. The predicted octanol–water partition coefficient (Wildman–Crippen LogP) is 8.48. The number of carbonyl (C=O) groups is 1. The van der Waals surface area contributed by atoms with Crippen LogP contribution in [0.2, 0.25) is 0 Å². The average molecular weight is 674 g/mol. The first-order chi connectivity index (χ1) is 22.7. The van der Waals surface area contributed by atoms with Crippen molar-refractivity contribution in [2.75, 3.05) is 11.1 Å². The molecule has 14 heteroatoms. The molecule has 0 atom stereocenters. The molecule has 0 radical (unpaired) electrons. The first kappa shape index (κ1) is 32.3. The van der Waals surface area contributed by atoms with Crippen molar-refractivity contribution in [1.29, 1.82) is 0 Å². The molecule has 1 amide bonds. The van der Waals surface area contributed by atoms with E-state index in [0.29, 0.717) is 48.6 Å². The van der Waals surface area contributed by atoms with Gasteiger partial charge in [-0.3, -0.25) is 4.79 Å². The third kappa shape index (κ3) is 6.09. The van der Waals surface area contributed by atoms with Gasteiger partial charge in [0.05, 0.1) is 10.4 Å². The van der Waals surface area contributed by atoms with Crippen LogP contribution in [0.15, 0.2) is 73.2 Å². The Kier molecular flexibility index (Phi) is 8.21. The fourth-order valence-electron chi connectivity index (χ4n) is 5.18. The number of anilines is 2. The summed E-state index contributed by atoms with van der Waals surface area (Å²) in [6.07, 6.45) is -0.523. The van der Waals surface area contributed by atoms with E-state index in [-0.39, 0.29) is 29.2 Å². The van der Waals surface area contributed by atoms with Gasteiger partial charge in [0.1, 0.15) is 5.82 Å². The zero-order valence-electron chi connectivity index (χ0n) is 26.0. The van der Waals surface area contributed by atoms with Crippen molar-refractivity contribution in [3.05, 3.63) is 96.1 Å². The highest BCUT2D eigenvalue weighted by atomic mass is 32.1. The molecule has 2 aromatic carbocycles. The third-order valence-corrected chi connectivity index (χ3v) is 8.71. The van der Waals surface area contributed by atoms with Gasteiger partial charge in [0.2, 0.25) is 5.82 Å². The molecule has 0 saturated heterocycles. The standard InChI is InChI=1S/C34H27F4N7O2S/c1-16(2)31(46)43-20-7-8-21(17(3)12-20)28-26(19-6-9-25(23(35)13-19)47-33-40-11-10-18(4)42-33)27-29(48-28)22(14-41-30(27)39)24-15-45(5)32(44-24)34(36,37)38/h6-15H,1H2,2-5H3,(H2,39,41)(H,43,46). The number of fused-ring (bicyclic) bond motifs is 1. The van der Waals surface area contributed by atoms with Crippen LogP contribution in [-0.4, -0.2) is 30.4 Å². The number of hydrogen-bond acceptors (Lipinski definition) is 8. The molecular formula is C34H27F4N7O2S. The zero-order valence-corrected chi connectivity index (χ0v) is 26.8. The summed E-state index contributed by atoms with van der Waals surface area (Å²) in [7, 11) is 1.26. The number of imidazole rings is 1. The lowest BCUT2D eigenvalue weighted by Gasteiger charge is -2.12. The van der Waals surface area contributed by atoms with Gasteiger partial charge in [0.15, 0.2) is 11.6 Å². The SMILES string of the molecule is C=C(C)C(=O)Nc1ccc(-c2sc3c(-c4cn(C)c(C(F)(F)F)n4)cnc(N)c3c2-c2ccc(Oc3nccc(C)n3)c(F)c2)c(C)c1. The molecule has 0 aliphatic carbocycles. The summed E-state index contributed by atoms with van der Waals surface area (Å²) >= 11 is 1.26. The van der Waals surface area contributed by atoms with Crippen molar-refractivity contribution in [3.8, 4) is 44.6 Å². The number of aryl methyl sites for hydroxylation is 3. The number of halogens is 4. The van der Waals surface area contributed by atoms with Gasteiger partial charge in [-0.25, -0.2) is 24.3 Å². The maximum atomic E-state index is 15.7. The van der Waals surface area contributed by atoms with Gasteiger partial charge in [0.25, 0.3) is 5.91 Å². The minimum Gasteiger partial charge on any atom is -0.421 e. The molecule has 0 bridgehead atoms. The number of nitrogens with two attached hydrogens (primary N) is 1. The van der Waals surface area contributed by atoms with Crippen molar-refractivity contribution >= 4 is 38.8 Å². The number of alkyl halides is 3. The van der Waals surface area contributed by atoms with Gasteiger partial charge in [-0.2, -0.15) is 13.2 Å². The summed E-state index contributed by atoms with van der Waals surface area (Å²) in [4.78, 5) is 29.3. The molecule has 6 aromatic rings. The Morgan fingerprint density at radius 3 is 2.48 bits per heavy atom. The number of pyridine rings is 1. The number of thiophene rings is 1. The number of amides is 1. The Labute approximate surface area is 275 Å². The number of rotatable bonds is 7. The zero-order chi connectivity index (χ0) is 34.5. The van der Waals surface area contributed by atoms with Crippen LogP contribution >= 0.6 is 11.3 Å². The maximum Gasteiger partial charge on any atom is 0.449 e. The molecule has 3 N–H and O–H groups in total. The van der Waals surface area contributed by atoms with Crippen molar-refractivity contribution in [3.63, 3.8) is 0 Å². The Morgan fingerprint density at radius 1 is 1.06 bits per heavy atom. The number of benzene rings is 2. The highest BCUT2D eigenvalue weighted by molar-refractivity contribution is 7.23. The molecule has 0 aliphatic heterocycles. The normalized spacial score (nSPS) is 11.6. The Balaban J connectivity index is 1.56. The van der Waals surface area contributed by atoms with E-state index in [9.17, 15) is 18.0 Å². The summed E-state index contributed by atoms with van der Waals surface area (Å²) in [6, 6.07) is 11.3. The molecular weight excluding hydrogens is 646 g/mol. The summed E-state index contributed by atoms with van der Waals surface area (Å²) in [6.45, 7) is 8.86. The second-order valence-corrected chi connectivity index (χ2v) is 12.1. The first-order valence-corrected chi connectivity index (χ1v) is 15.2. The van der Waals surface area contributed by atoms with E-state index in [1.165, 1.54) is 49.1 Å². The molecule has 48 heavy (non-hydrogen) atoms. The lowest BCUT2D eigenvalue weighted by atomic mass is 9.96. The van der Waals surface area contributed by atoms with Crippen LogP contribution in [0, 0.1) is 19.7 Å². The quantitative estimate of drug-likeness (QED) is 0.129. The number of carbonyl (C=O) groups excluding carboxylic acids is 1. The Morgan fingerprint density at radius 2 is 1.83 bits per heavy atom. The van der Waals surface area contributed by atoms with E-state index in [1.54, 1.807) is 44.2 Å². The van der Waals surface area contributed by atoms with Crippen molar-refractivity contribution < 1.29 is 27.1 Å². The van der Waals surface area contributed by atoms with E-state index in [2.05, 4.69) is 31.8 Å². The molecule has 0 unspecified atom stereocenters. The van der Waals surface area contributed by atoms with Crippen LogP contribution in [-0.2, 0) is 18.0 Å². The van der Waals surface area contributed by atoms with Gasteiger partial charge < -0.3 is 20.4 Å². The molecule has 6 rings (SSSR count). The van der Waals surface area contributed by atoms with Gasteiger partial charge >= 0.3 is 12.2 Å². The second kappa shape index (κ2) is 12.2. The van der Waals surface area contributed by atoms with E-state index in [4.69, 9.17) is 10.5 Å². The lowest BCUT2D eigenvalue weighted by molar-refractivity contribution is -0.146. The number of nitrogen functional groups attached to an aromatic ring is 1. The highest BCUT2D eigenvalue weighted by Crippen LogP contribution is 2.50. The summed E-state index contributed by atoms with van der Waals surface area (Å²) < 4.78 is 63.8. The van der Waals surface area contributed by atoms with Crippen LogP contribution in [0.5, 0.6) is 11.8 Å². The minimum atomic E-state index is -4.68. The minimum absolute atomic E-state index is 0.0237. The topological polar surface area (TPSA) is 121 Å². The van der Waals surface area contributed by atoms with E-state index < -0.39 is 17.8 Å². The molecule has 0 saturated carbocycles. The average Bonchev–Trinajstić information content (AvgIpc) is 3.60. The molecule has 4 aromatic heterocycles. The molecule has 0 spiro atoms. The molecule has 0 fully saturated rings. The molecule has 4 heterocycles. The lowest BCUT2D eigenvalue weighted by Crippen LogP contribution is -2.12. The number of nitrogens with zero attached hydrogens (tertiary/aromatic N) is 5. The van der Waals surface area contributed by atoms with Gasteiger partial charge in [-0.1, -0.05) is 18.7 Å². The van der Waals surface area contributed by atoms with Crippen LogP contribution in [0.4, 0.5) is 29.1 Å². The summed E-state index contributed by atoms with van der Waals surface area (Å²) in [5, 5.41) is 3.21. The van der Waals surface area contributed by atoms with Crippen LogP contribution in [0.3, 0.4) is 0 Å². The van der Waals surface area contributed by atoms with E-state index in [1.807, 2.05) is 6.92 Å². The second-order valence-electron chi connectivity index (χ2n) is 11.1. The maximum absolute atomic E-state index is 15.7. The number of hydrogen-bond donors (Lipinski definition) is 2. The highest BCUT2D eigenvalue weighted by Gasteiger charge is 2.37. The van der Waals surface area contributed by atoms with Crippen LogP contribution in [0.1, 0.15) is 24.0 Å². The summed E-state index contributed by atoms with van der Waals surface area (Å²) in [5.74, 6) is -2.14. The van der Waals surface area contributed by atoms with Gasteiger partial charge in [-0.15, -0.1) is 11.3 Å². The Hall–Kier alpha value is -5.63. The monoisotopic (exact) mass is 673 g/mol. The van der Waals surface area contributed by atoms with Crippen molar-refractivity contribution in [2.24, 2.45) is 7.05 Å². The Bertz CT molecular complexity index is 2260. The molecule has 9 nitrogen and oxygen atoms in total. The van der Waals surface area contributed by atoms with Crippen LogP contribution in [0.25, 0.3) is 42.9 Å². The number of ether oxygens (including phenoxy) is 1. The summed E-state index contributed by atoms with van der Waals surface area (Å²) in [5.41, 5.74) is 10.7. The fourth-order valence-corrected chi connectivity index (χ4v) is 6.62. The largest absolute Gasteiger partial charge is 0.449 e. The van der Waals surface area contributed by atoms with Gasteiger partial charge in [-0.05, 0) is 67.8 Å². The van der Waals surface area contributed by atoms with Gasteiger partial charge in [0, 0.05) is 64.0 Å². The van der Waals surface area contributed by atoms with E-state index >= 15 is 4.39 Å². The van der Waals surface area contributed by atoms with Crippen LogP contribution < -0.4 is 15.8 Å².